The molecule has 0 amide bonds. The number of hydrogen-bond donors (Lipinski definition) is 0. The lowest BCUT2D eigenvalue weighted by Gasteiger charge is -2.20. The van der Waals surface area contributed by atoms with Gasteiger partial charge in [0.25, 0.3) is 0 Å². The van der Waals surface area contributed by atoms with E-state index in [1.165, 1.54) is 88.0 Å². The summed E-state index contributed by atoms with van der Waals surface area (Å²) in [7, 11) is 0. The van der Waals surface area contributed by atoms with Gasteiger partial charge in [-0.05, 0) is 112 Å². The molecule has 0 spiro atoms. The second kappa shape index (κ2) is 11.8. The Bertz CT molecular complexity index is 2520. The maximum atomic E-state index is 2.43. The summed E-state index contributed by atoms with van der Waals surface area (Å²) in [5, 5.41) is 7.54. The Balaban J connectivity index is 1.42. The third kappa shape index (κ3) is 4.87. The zero-order chi connectivity index (χ0) is 31.9. The fraction of sp³-hybridized carbons (Fsp3) is 0. The highest BCUT2D eigenvalue weighted by atomic mass is 14.2. The van der Waals surface area contributed by atoms with E-state index in [9.17, 15) is 0 Å². The summed E-state index contributed by atoms with van der Waals surface area (Å²) in [6, 6.07) is 70.8. The fourth-order valence-corrected chi connectivity index (χ4v) is 7.42. The van der Waals surface area contributed by atoms with Crippen LogP contribution in [0.15, 0.2) is 194 Å². The second-order valence-corrected chi connectivity index (χ2v) is 12.5. The Kier molecular flexibility index (Phi) is 6.91. The van der Waals surface area contributed by atoms with Gasteiger partial charge in [0.2, 0.25) is 0 Å². The highest BCUT2D eigenvalue weighted by Crippen LogP contribution is 2.46. The second-order valence-electron chi connectivity index (χ2n) is 12.5. The highest BCUT2D eigenvalue weighted by molar-refractivity contribution is 6.22. The van der Waals surface area contributed by atoms with Gasteiger partial charge in [-0.15, -0.1) is 0 Å². The Morgan fingerprint density at radius 1 is 0.208 bits per heavy atom. The van der Waals surface area contributed by atoms with E-state index in [0.29, 0.717) is 0 Å². The first-order chi connectivity index (χ1) is 23.8. The molecule has 48 heavy (non-hydrogen) atoms. The van der Waals surface area contributed by atoms with E-state index in [0.717, 1.165) is 0 Å². The summed E-state index contributed by atoms with van der Waals surface area (Å²) in [5.74, 6) is 0. The summed E-state index contributed by atoms with van der Waals surface area (Å²) < 4.78 is 0. The van der Waals surface area contributed by atoms with Crippen LogP contribution in [-0.4, -0.2) is 0 Å². The largest absolute Gasteiger partial charge is 0.0622 e. The minimum absolute atomic E-state index is 1.21. The van der Waals surface area contributed by atoms with Crippen molar-refractivity contribution in [3.05, 3.63) is 194 Å². The van der Waals surface area contributed by atoms with Crippen LogP contribution in [0.5, 0.6) is 0 Å². The van der Waals surface area contributed by atoms with Crippen LogP contribution < -0.4 is 0 Å². The number of rotatable bonds is 5. The Labute approximate surface area is 281 Å². The smallest absolute Gasteiger partial charge is 0.00257 e. The molecule has 0 radical (unpaired) electrons. The van der Waals surface area contributed by atoms with E-state index in [1.807, 2.05) is 0 Å². The molecular formula is C48H32. The normalized spacial score (nSPS) is 11.3. The molecule has 0 heterocycles. The summed E-state index contributed by atoms with van der Waals surface area (Å²) in [4.78, 5) is 0. The molecule has 0 fully saturated rings. The van der Waals surface area contributed by atoms with Gasteiger partial charge in [-0.2, -0.15) is 0 Å². The van der Waals surface area contributed by atoms with Gasteiger partial charge in [-0.25, -0.2) is 0 Å². The van der Waals surface area contributed by atoms with Gasteiger partial charge in [-0.1, -0.05) is 170 Å². The van der Waals surface area contributed by atoms with Crippen LogP contribution in [0.1, 0.15) is 0 Å². The van der Waals surface area contributed by atoms with Gasteiger partial charge in [0.05, 0.1) is 0 Å². The van der Waals surface area contributed by atoms with Crippen molar-refractivity contribution >= 4 is 32.3 Å². The first-order valence-electron chi connectivity index (χ1n) is 16.6. The molecule has 9 rings (SSSR count). The van der Waals surface area contributed by atoms with Gasteiger partial charge in [0, 0.05) is 0 Å². The molecule has 0 aromatic heterocycles. The molecule has 0 atom stereocenters. The highest BCUT2D eigenvalue weighted by Gasteiger charge is 2.19. The van der Waals surface area contributed by atoms with Crippen molar-refractivity contribution in [1.29, 1.82) is 0 Å². The van der Waals surface area contributed by atoms with E-state index >= 15 is 0 Å². The molecule has 0 nitrogen and oxygen atoms in total. The van der Waals surface area contributed by atoms with Crippen LogP contribution in [0.4, 0.5) is 0 Å². The summed E-state index contributed by atoms with van der Waals surface area (Å²) >= 11 is 0. The monoisotopic (exact) mass is 608 g/mol. The van der Waals surface area contributed by atoms with E-state index in [-0.39, 0.29) is 0 Å². The standard InChI is InChI=1S/C48H32/c1-4-15-33(16-5-1)38-29-39(34-17-6-2-7-18-34)31-40(30-38)48-44-25-13-12-24-43(44)47(36-20-8-3-9-21-36)45-28-27-37(32-46(45)48)42-26-14-22-35-19-10-11-23-41(35)42/h1-32H. The summed E-state index contributed by atoms with van der Waals surface area (Å²) in [6.45, 7) is 0. The van der Waals surface area contributed by atoms with Crippen LogP contribution in [0.25, 0.3) is 88.0 Å². The van der Waals surface area contributed by atoms with E-state index in [2.05, 4.69) is 194 Å². The van der Waals surface area contributed by atoms with Gasteiger partial charge in [0.15, 0.2) is 0 Å². The van der Waals surface area contributed by atoms with E-state index in [1.54, 1.807) is 0 Å². The number of hydrogen-bond acceptors (Lipinski definition) is 0. The molecule has 0 N–H and O–H groups in total. The molecule has 0 aliphatic rings. The van der Waals surface area contributed by atoms with Gasteiger partial charge in [-0.3, -0.25) is 0 Å². The number of benzene rings is 9. The quantitative estimate of drug-likeness (QED) is 0.171. The van der Waals surface area contributed by atoms with Crippen molar-refractivity contribution in [3.63, 3.8) is 0 Å². The lowest BCUT2D eigenvalue weighted by atomic mass is 9.83. The SMILES string of the molecule is c1ccc(-c2cc(-c3ccccc3)cc(-c3c4ccccc4c(-c4ccccc4)c4ccc(-c5cccc6ccccc56)cc34)c2)cc1. The predicted octanol–water partition coefficient (Wildman–Crippen LogP) is 13.5. The first kappa shape index (κ1) is 28.0. The van der Waals surface area contributed by atoms with Crippen molar-refractivity contribution in [2.24, 2.45) is 0 Å². The molecule has 0 aliphatic carbocycles. The lowest BCUT2D eigenvalue weighted by Crippen LogP contribution is -1.93. The minimum Gasteiger partial charge on any atom is -0.0622 e. The molecule has 0 saturated carbocycles. The van der Waals surface area contributed by atoms with Crippen LogP contribution >= 0.6 is 0 Å². The molecule has 224 valence electrons. The molecule has 0 bridgehead atoms. The lowest BCUT2D eigenvalue weighted by molar-refractivity contribution is 1.58. The molecule has 0 aliphatic heterocycles. The van der Waals surface area contributed by atoms with E-state index in [4.69, 9.17) is 0 Å². The molecule has 0 heteroatoms. The maximum Gasteiger partial charge on any atom is -0.00257 e. The molecule has 9 aromatic carbocycles. The van der Waals surface area contributed by atoms with Gasteiger partial charge >= 0.3 is 0 Å². The minimum atomic E-state index is 1.21. The Hall–Kier alpha value is -6.24. The third-order valence-electron chi connectivity index (χ3n) is 9.62. The zero-order valence-corrected chi connectivity index (χ0v) is 26.5. The Morgan fingerprint density at radius 3 is 1.29 bits per heavy atom. The Morgan fingerprint density at radius 2 is 0.667 bits per heavy atom. The van der Waals surface area contributed by atoms with Crippen LogP contribution in [0, 0.1) is 0 Å². The zero-order valence-electron chi connectivity index (χ0n) is 26.5. The topological polar surface area (TPSA) is 0 Å². The van der Waals surface area contributed by atoms with Crippen LogP contribution in [0.2, 0.25) is 0 Å². The predicted molar refractivity (Wildman–Crippen MR) is 206 cm³/mol. The molecule has 9 aromatic rings. The fourth-order valence-electron chi connectivity index (χ4n) is 7.42. The van der Waals surface area contributed by atoms with Gasteiger partial charge in [0.1, 0.15) is 0 Å². The van der Waals surface area contributed by atoms with Crippen molar-refractivity contribution in [1.82, 2.24) is 0 Å². The molecule has 0 saturated heterocycles. The average molecular weight is 609 g/mol. The van der Waals surface area contributed by atoms with Crippen molar-refractivity contribution in [2.75, 3.05) is 0 Å². The van der Waals surface area contributed by atoms with Crippen LogP contribution in [0.3, 0.4) is 0 Å². The average Bonchev–Trinajstić information content (AvgIpc) is 3.17. The number of fused-ring (bicyclic) bond motifs is 3. The summed E-state index contributed by atoms with van der Waals surface area (Å²) in [6.07, 6.45) is 0. The maximum absolute atomic E-state index is 2.43. The van der Waals surface area contributed by atoms with Crippen molar-refractivity contribution in [2.45, 2.75) is 0 Å². The van der Waals surface area contributed by atoms with E-state index < -0.39 is 0 Å². The third-order valence-corrected chi connectivity index (χ3v) is 9.62. The summed E-state index contributed by atoms with van der Waals surface area (Å²) in [5.41, 5.74) is 12.3. The van der Waals surface area contributed by atoms with Crippen LogP contribution in [-0.2, 0) is 0 Å². The molecular weight excluding hydrogens is 577 g/mol. The van der Waals surface area contributed by atoms with Crippen molar-refractivity contribution < 1.29 is 0 Å². The first-order valence-corrected chi connectivity index (χ1v) is 16.6. The molecule has 0 unspecified atom stereocenters. The van der Waals surface area contributed by atoms with Gasteiger partial charge < -0.3 is 0 Å². The van der Waals surface area contributed by atoms with Crippen molar-refractivity contribution in [3.8, 4) is 55.6 Å².